The Morgan fingerprint density at radius 2 is 2.20 bits per heavy atom. The van der Waals surface area contributed by atoms with Gasteiger partial charge in [-0.25, -0.2) is 13.1 Å². The summed E-state index contributed by atoms with van der Waals surface area (Å²) in [6, 6.07) is 6.55. The molecule has 0 spiro atoms. The SMILES string of the molecule is Cc1ccc(S(=O)(=O)NC/C(N)=N/O)c2cccnc12. The number of sulfonamides is 1. The average molecular weight is 294 g/mol. The lowest BCUT2D eigenvalue weighted by Gasteiger charge is -2.10. The van der Waals surface area contributed by atoms with Gasteiger partial charge in [0.2, 0.25) is 10.0 Å². The molecule has 0 aliphatic heterocycles. The topological polar surface area (TPSA) is 118 Å². The number of aromatic nitrogens is 1. The highest BCUT2D eigenvalue weighted by atomic mass is 32.2. The standard InChI is InChI=1S/C12H14N4O3S/c1-8-4-5-10(9-3-2-6-14-12(8)9)20(18,19)15-7-11(13)16-17/h2-6,15,17H,7H2,1H3,(H2,13,16). The number of nitrogens with two attached hydrogens (primary N) is 1. The number of pyridine rings is 1. The number of hydrogen-bond acceptors (Lipinski definition) is 5. The fourth-order valence-corrected chi connectivity index (χ4v) is 3.00. The maximum absolute atomic E-state index is 12.2. The van der Waals surface area contributed by atoms with Crippen LogP contribution in [0.5, 0.6) is 0 Å². The van der Waals surface area contributed by atoms with Crippen molar-refractivity contribution < 1.29 is 13.6 Å². The summed E-state index contributed by atoms with van der Waals surface area (Å²) in [4.78, 5) is 4.29. The van der Waals surface area contributed by atoms with E-state index >= 15 is 0 Å². The van der Waals surface area contributed by atoms with Crippen molar-refractivity contribution in [1.29, 1.82) is 0 Å². The molecule has 0 fully saturated rings. The zero-order valence-electron chi connectivity index (χ0n) is 10.7. The average Bonchev–Trinajstić information content (AvgIpc) is 2.45. The highest BCUT2D eigenvalue weighted by molar-refractivity contribution is 7.89. The van der Waals surface area contributed by atoms with Gasteiger partial charge in [-0.1, -0.05) is 11.2 Å². The van der Waals surface area contributed by atoms with Crippen LogP contribution in [0.15, 0.2) is 40.5 Å². The second kappa shape index (κ2) is 5.43. The van der Waals surface area contributed by atoms with Crippen molar-refractivity contribution in [2.75, 3.05) is 6.54 Å². The third kappa shape index (κ3) is 2.70. The van der Waals surface area contributed by atoms with Gasteiger partial charge in [0.1, 0.15) is 0 Å². The molecule has 0 aliphatic rings. The summed E-state index contributed by atoms with van der Waals surface area (Å²) in [5.74, 6) is -0.219. The fourth-order valence-electron chi connectivity index (χ4n) is 1.80. The largest absolute Gasteiger partial charge is 0.409 e. The van der Waals surface area contributed by atoms with E-state index in [0.717, 1.165) is 5.56 Å². The summed E-state index contributed by atoms with van der Waals surface area (Å²) in [7, 11) is -3.77. The number of nitrogens with one attached hydrogen (secondary N) is 1. The molecule has 4 N–H and O–H groups in total. The summed E-state index contributed by atoms with van der Waals surface area (Å²) >= 11 is 0. The number of nitrogens with zero attached hydrogens (tertiary/aromatic N) is 2. The van der Waals surface area contributed by atoms with Crippen molar-refractivity contribution in [2.24, 2.45) is 10.9 Å². The van der Waals surface area contributed by atoms with Gasteiger partial charge in [-0.2, -0.15) is 0 Å². The lowest BCUT2D eigenvalue weighted by Crippen LogP contribution is -2.33. The van der Waals surface area contributed by atoms with Crippen LogP contribution in [0, 0.1) is 6.92 Å². The third-order valence-electron chi connectivity index (χ3n) is 2.79. The van der Waals surface area contributed by atoms with Crippen LogP contribution in [0.1, 0.15) is 5.56 Å². The lowest BCUT2D eigenvalue weighted by molar-refractivity contribution is 0.317. The van der Waals surface area contributed by atoms with Gasteiger partial charge in [0, 0.05) is 11.6 Å². The molecule has 0 amide bonds. The molecule has 0 bridgehead atoms. The molecule has 0 radical (unpaired) electrons. The Morgan fingerprint density at radius 3 is 2.90 bits per heavy atom. The van der Waals surface area contributed by atoms with E-state index in [-0.39, 0.29) is 17.3 Å². The minimum absolute atomic E-state index is 0.108. The van der Waals surface area contributed by atoms with Crippen molar-refractivity contribution in [3.05, 3.63) is 36.0 Å². The van der Waals surface area contributed by atoms with E-state index in [1.807, 2.05) is 6.92 Å². The predicted octanol–water partition coefficient (Wildman–Crippen LogP) is 0.568. The summed E-state index contributed by atoms with van der Waals surface area (Å²) in [6.07, 6.45) is 1.61. The first-order chi connectivity index (χ1) is 9.45. The van der Waals surface area contributed by atoms with E-state index in [4.69, 9.17) is 10.9 Å². The Kier molecular flexibility index (Phi) is 3.86. The van der Waals surface area contributed by atoms with E-state index < -0.39 is 10.0 Å². The first kappa shape index (κ1) is 14.2. The Bertz CT molecular complexity index is 771. The number of hydrogen-bond donors (Lipinski definition) is 3. The summed E-state index contributed by atoms with van der Waals surface area (Å²) in [5.41, 5.74) is 6.77. The molecule has 1 heterocycles. The van der Waals surface area contributed by atoms with Crippen LogP contribution in [-0.2, 0) is 10.0 Å². The quantitative estimate of drug-likeness (QED) is 0.330. The number of aryl methyl sites for hydroxylation is 1. The zero-order valence-corrected chi connectivity index (χ0v) is 11.6. The second-order valence-electron chi connectivity index (χ2n) is 4.20. The Labute approximate surface area is 116 Å². The van der Waals surface area contributed by atoms with Crippen molar-refractivity contribution in [3.8, 4) is 0 Å². The molecule has 2 rings (SSSR count). The molecule has 0 unspecified atom stereocenters. The molecule has 106 valence electrons. The first-order valence-corrected chi connectivity index (χ1v) is 7.24. The van der Waals surface area contributed by atoms with Crippen molar-refractivity contribution in [3.63, 3.8) is 0 Å². The number of benzene rings is 1. The summed E-state index contributed by atoms with van der Waals surface area (Å²) < 4.78 is 26.8. The van der Waals surface area contributed by atoms with Crippen LogP contribution in [0.25, 0.3) is 10.9 Å². The maximum atomic E-state index is 12.2. The van der Waals surface area contributed by atoms with Crippen LogP contribution in [0.2, 0.25) is 0 Å². The van der Waals surface area contributed by atoms with Gasteiger partial charge in [0.15, 0.2) is 5.84 Å². The number of amidine groups is 1. The van der Waals surface area contributed by atoms with Crippen molar-refractivity contribution in [1.82, 2.24) is 9.71 Å². The molecule has 0 saturated heterocycles. The maximum Gasteiger partial charge on any atom is 0.241 e. The molecule has 0 atom stereocenters. The smallest absolute Gasteiger partial charge is 0.241 e. The molecule has 0 saturated carbocycles. The van der Waals surface area contributed by atoms with Gasteiger partial charge in [-0.3, -0.25) is 4.98 Å². The molecule has 1 aromatic heterocycles. The normalized spacial score (nSPS) is 12.8. The molecule has 20 heavy (non-hydrogen) atoms. The van der Waals surface area contributed by atoms with Crippen LogP contribution >= 0.6 is 0 Å². The zero-order chi connectivity index (χ0) is 14.8. The van der Waals surface area contributed by atoms with Crippen molar-refractivity contribution >= 4 is 26.8 Å². The number of oxime groups is 1. The minimum atomic E-state index is -3.77. The Balaban J connectivity index is 2.50. The van der Waals surface area contributed by atoms with Crippen LogP contribution < -0.4 is 10.5 Å². The van der Waals surface area contributed by atoms with Crippen LogP contribution in [0.3, 0.4) is 0 Å². The number of fused-ring (bicyclic) bond motifs is 1. The lowest BCUT2D eigenvalue weighted by atomic mass is 10.1. The molecule has 7 nitrogen and oxygen atoms in total. The summed E-state index contributed by atoms with van der Waals surface area (Å²) in [5, 5.41) is 11.7. The van der Waals surface area contributed by atoms with Gasteiger partial charge in [0.25, 0.3) is 0 Å². The van der Waals surface area contributed by atoms with Crippen LogP contribution in [0.4, 0.5) is 0 Å². The van der Waals surface area contributed by atoms with Gasteiger partial charge in [0.05, 0.1) is 17.0 Å². The van der Waals surface area contributed by atoms with Gasteiger partial charge >= 0.3 is 0 Å². The fraction of sp³-hybridized carbons (Fsp3) is 0.167. The molecular weight excluding hydrogens is 280 g/mol. The Morgan fingerprint density at radius 1 is 1.45 bits per heavy atom. The Hall–Kier alpha value is -2.19. The molecule has 1 aromatic carbocycles. The first-order valence-electron chi connectivity index (χ1n) is 5.76. The molecule has 2 aromatic rings. The van der Waals surface area contributed by atoms with Crippen molar-refractivity contribution in [2.45, 2.75) is 11.8 Å². The van der Waals surface area contributed by atoms with Crippen LogP contribution in [-0.4, -0.2) is 31.0 Å². The van der Waals surface area contributed by atoms with Gasteiger partial charge < -0.3 is 10.9 Å². The van der Waals surface area contributed by atoms with E-state index in [2.05, 4.69) is 14.9 Å². The van der Waals surface area contributed by atoms with E-state index in [1.165, 1.54) is 6.07 Å². The number of rotatable bonds is 4. The summed E-state index contributed by atoms with van der Waals surface area (Å²) in [6.45, 7) is 1.59. The molecular formula is C12H14N4O3S. The minimum Gasteiger partial charge on any atom is -0.409 e. The van der Waals surface area contributed by atoms with E-state index in [0.29, 0.717) is 10.9 Å². The predicted molar refractivity (Wildman–Crippen MR) is 75.1 cm³/mol. The van der Waals surface area contributed by atoms with Gasteiger partial charge in [-0.15, -0.1) is 0 Å². The third-order valence-corrected chi connectivity index (χ3v) is 4.25. The highest BCUT2D eigenvalue weighted by Gasteiger charge is 2.18. The molecule has 0 aliphatic carbocycles. The van der Waals surface area contributed by atoms with E-state index in [1.54, 1.807) is 24.4 Å². The molecule has 8 heteroatoms. The van der Waals surface area contributed by atoms with Gasteiger partial charge in [-0.05, 0) is 30.7 Å². The van der Waals surface area contributed by atoms with E-state index in [9.17, 15) is 8.42 Å². The monoisotopic (exact) mass is 294 g/mol. The second-order valence-corrected chi connectivity index (χ2v) is 5.93. The highest BCUT2D eigenvalue weighted by Crippen LogP contribution is 2.23.